The van der Waals surface area contributed by atoms with Gasteiger partial charge in [-0.25, -0.2) is 0 Å². The third-order valence-electron chi connectivity index (χ3n) is 3.74. The van der Waals surface area contributed by atoms with Gasteiger partial charge >= 0.3 is 0 Å². The normalized spacial score (nSPS) is 42.0. The minimum absolute atomic E-state index is 0.502. The van der Waals surface area contributed by atoms with E-state index in [2.05, 4.69) is 12.2 Å². The average molecular weight is 213 g/mol. The van der Waals surface area contributed by atoms with E-state index < -0.39 is 5.60 Å². The smallest absolute Gasteiger partial charge is 0.102 e. The fraction of sp³-hybridized carbons (Fsp3) is 1.00. The van der Waals surface area contributed by atoms with Crippen LogP contribution in [0.25, 0.3) is 0 Å². The topological polar surface area (TPSA) is 41.5 Å². The molecule has 3 atom stereocenters. The maximum atomic E-state index is 10.1. The van der Waals surface area contributed by atoms with Crippen LogP contribution in [0, 0.1) is 5.92 Å². The van der Waals surface area contributed by atoms with Gasteiger partial charge in [-0.3, -0.25) is 0 Å². The molecule has 1 aliphatic heterocycles. The molecule has 3 heteroatoms. The van der Waals surface area contributed by atoms with Gasteiger partial charge in [-0.1, -0.05) is 19.8 Å². The Morgan fingerprint density at radius 2 is 2.33 bits per heavy atom. The Balaban J connectivity index is 1.72. The summed E-state index contributed by atoms with van der Waals surface area (Å²) in [4.78, 5) is 0. The number of aliphatic hydroxyl groups is 1. The van der Waals surface area contributed by atoms with E-state index in [1.54, 1.807) is 0 Å². The number of rotatable bonds is 3. The van der Waals surface area contributed by atoms with Crippen molar-refractivity contribution in [1.82, 2.24) is 5.32 Å². The van der Waals surface area contributed by atoms with Crippen molar-refractivity contribution in [3.05, 3.63) is 0 Å². The predicted octanol–water partition coefficient (Wildman–Crippen LogP) is 1.31. The van der Waals surface area contributed by atoms with E-state index >= 15 is 0 Å². The summed E-state index contributed by atoms with van der Waals surface area (Å²) < 4.78 is 5.23. The molecule has 3 unspecified atom stereocenters. The molecule has 1 heterocycles. The molecule has 15 heavy (non-hydrogen) atoms. The Bertz CT molecular complexity index is 202. The Hall–Kier alpha value is -0.120. The molecule has 0 aromatic carbocycles. The quantitative estimate of drug-likeness (QED) is 0.742. The Morgan fingerprint density at radius 3 is 3.00 bits per heavy atom. The second kappa shape index (κ2) is 4.81. The monoisotopic (exact) mass is 213 g/mol. The van der Waals surface area contributed by atoms with Gasteiger partial charge < -0.3 is 15.2 Å². The minimum atomic E-state index is -0.597. The molecular weight excluding hydrogens is 190 g/mol. The Labute approximate surface area is 92.2 Å². The van der Waals surface area contributed by atoms with Crippen LogP contribution in [-0.4, -0.2) is 36.5 Å². The SMILES string of the molecule is CC1CCCC(NCC2(O)CCOC2)C1. The second-order valence-corrected chi connectivity index (χ2v) is 5.38. The highest BCUT2D eigenvalue weighted by Crippen LogP contribution is 2.24. The summed E-state index contributed by atoms with van der Waals surface area (Å²) >= 11 is 0. The first-order valence-corrected chi connectivity index (χ1v) is 6.21. The van der Waals surface area contributed by atoms with Crippen molar-refractivity contribution in [2.24, 2.45) is 5.92 Å². The van der Waals surface area contributed by atoms with Crippen LogP contribution in [-0.2, 0) is 4.74 Å². The van der Waals surface area contributed by atoms with Gasteiger partial charge in [0.1, 0.15) is 5.60 Å². The molecule has 0 amide bonds. The molecule has 1 saturated carbocycles. The lowest BCUT2D eigenvalue weighted by Gasteiger charge is -2.30. The van der Waals surface area contributed by atoms with Crippen molar-refractivity contribution < 1.29 is 9.84 Å². The molecule has 88 valence electrons. The number of nitrogens with one attached hydrogen (secondary N) is 1. The molecule has 1 aliphatic carbocycles. The first-order chi connectivity index (χ1) is 7.18. The fourth-order valence-electron chi connectivity index (χ4n) is 2.69. The zero-order valence-corrected chi connectivity index (χ0v) is 9.67. The van der Waals surface area contributed by atoms with E-state index in [0.29, 0.717) is 25.8 Å². The summed E-state index contributed by atoms with van der Waals surface area (Å²) in [6.45, 7) is 4.23. The standard InChI is InChI=1S/C12H23NO2/c1-10-3-2-4-11(7-10)13-8-12(14)5-6-15-9-12/h10-11,13-14H,2-9H2,1H3. The first kappa shape index (κ1) is 11.4. The summed E-state index contributed by atoms with van der Waals surface area (Å²) in [7, 11) is 0. The molecule has 0 aromatic heterocycles. The maximum Gasteiger partial charge on any atom is 0.102 e. The highest BCUT2D eigenvalue weighted by molar-refractivity contribution is 4.87. The molecule has 3 nitrogen and oxygen atoms in total. The van der Waals surface area contributed by atoms with Gasteiger partial charge in [-0.15, -0.1) is 0 Å². The molecule has 0 radical (unpaired) electrons. The first-order valence-electron chi connectivity index (χ1n) is 6.21. The number of ether oxygens (including phenoxy) is 1. The lowest BCUT2D eigenvalue weighted by atomic mass is 9.86. The average Bonchev–Trinajstić information content (AvgIpc) is 2.63. The second-order valence-electron chi connectivity index (χ2n) is 5.38. The van der Waals surface area contributed by atoms with E-state index in [4.69, 9.17) is 4.74 Å². The zero-order valence-electron chi connectivity index (χ0n) is 9.67. The van der Waals surface area contributed by atoms with Gasteiger partial charge in [0.15, 0.2) is 0 Å². The summed E-state index contributed by atoms with van der Waals surface area (Å²) in [6, 6.07) is 0.610. The molecule has 2 aliphatic rings. The predicted molar refractivity (Wildman–Crippen MR) is 59.8 cm³/mol. The lowest BCUT2D eigenvalue weighted by Crippen LogP contribution is -2.46. The van der Waals surface area contributed by atoms with Crippen molar-refractivity contribution in [3.8, 4) is 0 Å². The van der Waals surface area contributed by atoms with Crippen LogP contribution in [0.3, 0.4) is 0 Å². The highest BCUT2D eigenvalue weighted by atomic mass is 16.5. The van der Waals surface area contributed by atoms with E-state index in [0.717, 1.165) is 12.3 Å². The lowest BCUT2D eigenvalue weighted by molar-refractivity contribution is 0.0231. The highest BCUT2D eigenvalue weighted by Gasteiger charge is 2.32. The molecule has 0 bridgehead atoms. The largest absolute Gasteiger partial charge is 0.386 e. The van der Waals surface area contributed by atoms with Gasteiger partial charge in [-0.2, -0.15) is 0 Å². The van der Waals surface area contributed by atoms with Crippen LogP contribution in [0.15, 0.2) is 0 Å². The van der Waals surface area contributed by atoms with Gasteiger partial charge in [0.25, 0.3) is 0 Å². The van der Waals surface area contributed by atoms with Crippen LogP contribution in [0.4, 0.5) is 0 Å². The molecule has 0 spiro atoms. The molecule has 2 fully saturated rings. The Kier molecular flexibility index (Phi) is 3.65. The number of hydrogen-bond acceptors (Lipinski definition) is 3. The summed E-state index contributed by atoms with van der Waals surface area (Å²) in [5.74, 6) is 0.839. The summed E-state index contributed by atoms with van der Waals surface area (Å²) in [6.07, 6.45) is 6.00. The molecule has 2 N–H and O–H groups in total. The minimum Gasteiger partial charge on any atom is -0.386 e. The third-order valence-corrected chi connectivity index (χ3v) is 3.74. The van der Waals surface area contributed by atoms with Crippen molar-refractivity contribution in [2.45, 2.75) is 50.7 Å². The van der Waals surface area contributed by atoms with Crippen molar-refractivity contribution in [2.75, 3.05) is 19.8 Å². The van der Waals surface area contributed by atoms with E-state index in [-0.39, 0.29) is 0 Å². The van der Waals surface area contributed by atoms with Crippen molar-refractivity contribution in [3.63, 3.8) is 0 Å². The van der Waals surface area contributed by atoms with Crippen LogP contribution in [0.5, 0.6) is 0 Å². The van der Waals surface area contributed by atoms with Gasteiger partial charge in [0.2, 0.25) is 0 Å². The van der Waals surface area contributed by atoms with E-state index in [9.17, 15) is 5.11 Å². The van der Waals surface area contributed by atoms with Gasteiger partial charge in [0, 0.05) is 25.6 Å². The fourth-order valence-corrected chi connectivity index (χ4v) is 2.69. The number of hydrogen-bond donors (Lipinski definition) is 2. The summed E-state index contributed by atoms with van der Waals surface area (Å²) in [5.41, 5.74) is -0.597. The van der Waals surface area contributed by atoms with E-state index in [1.165, 1.54) is 25.7 Å². The Morgan fingerprint density at radius 1 is 1.47 bits per heavy atom. The molecule has 2 rings (SSSR count). The molecular formula is C12H23NO2. The van der Waals surface area contributed by atoms with Crippen molar-refractivity contribution in [1.29, 1.82) is 0 Å². The van der Waals surface area contributed by atoms with Crippen LogP contribution < -0.4 is 5.32 Å². The van der Waals surface area contributed by atoms with E-state index in [1.807, 2.05) is 0 Å². The van der Waals surface area contributed by atoms with Crippen LogP contribution >= 0.6 is 0 Å². The summed E-state index contributed by atoms with van der Waals surface area (Å²) in [5, 5.41) is 13.6. The van der Waals surface area contributed by atoms with Crippen molar-refractivity contribution >= 4 is 0 Å². The van der Waals surface area contributed by atoms with Crippen LogP contribution in [0.1, 0.15) is 39.0 Å². The van der Waals surface area contributed by atoms with Crippen LogP contribution in [0.2, 0.25) is 0 Å². The maximum absolute atomic E-state index is 10.1. The zero-order chi connectivity index (χ0) is 10.7. The van der Waals surface area contributed by atoms with Gasteiger partial charge in [-0.05, 0) is 18.8 Å². The molecule has 0 aromatic rings. The van der Waals surface area contributed by atoms with Gasteiger partial charge in [0.05, 0.1) is 6.61 Å². The molecule has 1 saturated heterocycles. The third kappa shape index (κ3) is 3.16.